The summed E-state index contributed by atoms with van der Waals surface area (Å²) >= 11 is 5.83. The molecule has 0 atom stereocenters. The fourth-order valence-electron chi connectivity index (χ4n) is 1.93. The van der Waals surface area contributed by atoms with Crippen LogP contribution in [-0.4, -0.2) is 18.3 Å². The number of nitrogens with zero attached hydrogens (tertiary/aromatic N) is 3. The molecule has 112 valence electrons. The van der Waals surface area contributed by atoms with E-state index in [9.17, 15) is 5.26 Å². The molecule has 0 aliphatic heterocycles. The number of hydrogen-bond donors (Lipinski definition) is 1. The molecule has 0 spiro atoms. The predicted octanol–water partition coefficient (Wildman–Crippen LogP) is 3.51. The molecule has 0 saturated heterocycles. The SMILES string of the molecule is COCc1cc(C)nc(N/N=C\c2ccc(Cl)cc2)c1C#N. The van der Waals surface area contributed by atoms with Gasteiger partial charge in [-0.2, -0.15) is 10.4 Å². The summed E-state index contributed by atoms with van der Waals surface area (Å²) in [5.41, 5.74) is 5.70. The molecule has 1 aromatic heterocycles. The second-order valence-electron chi connectivity index (χ2n) is 4.61. The molecule has 2 aromatic rings. The smallest absolute Gasteiger partial charge is 0.164 e. The summed E-state index contributed by atoms with van der Waals surface area (Å²) in [6, 6.07) is 11.2. The summed E-state index contributed by atoms with van der Waals surface area (Å²) in [5, 5.41) is 14.1. The second-order valence-corrected chi connectivity index (χ2v) is 5.05. The first kappa shape index (κ1) is 16.0. The maximum Gasteiger partial charge on any atom is 0.164 e. The topological polar surface area (TPSA) is 70.3 Å². The van der Waals surface area contributed by atoms with Crippen molar-refractivity contribution < 1.29 is 4.74 Å². The number of rotatable bonds is 5. The van der Waals surface area contributed by atoms with Crippen LogP contribution in [0, 0.1) is 18.3 Å². The van der Waals surface area contributed by atoms with Crippen molar-refractivity contribution in [3.05, 3.63) is 57.7 Å². The van der Waals surface area contributed by atoms with E-state index < -0.39 is 0 Å². The summed E-state index contributed by atoms with van der Waals surface area (Å²) in [7, 11) is 1.59. The van der Waals surface area contributed by atoms with Crippen LogP contribution in [0.25, 0.3) is 0 Å². The van der Waals surface area contributed by atoms with Crippen molar-refractivity contribution in [3.8, 4) is 6.07 Å². The van der Waals surface area contributed by atoms with Gasteiger partial charge in [-0.3, -0.25) is 5.43 Å². The number of hydrogen-bond acceptors (Lipinski definition) is 5. The van der Waals surface area contributed by atoms with Gasteiger partial charge in [-0.05, 0) is 30.7 Å². The number of ether oxygens (including phenoxy) is 1. The third kappa shape index (κ3) is 4.04. The van der Waals surface area contributed by atoms with Gasteiger partial charge >= 0.3 is 0 Å². The van der Waals surface area contributed by atoms with Gasteiger partial charge in [0.15, 0.2) is 5.82 Å². The number of methoxy groups -OCH3 is 1. The molecule has 0 aliphatic carbocycles. The van der Waals surface area contributed by atoms with Crippen LogP contribution in [0.15, 0.2) is 35.4 Å². The molecule has 22 heavy (non-hydrogen) atoms. The Bertz CT molecular complexity index is 720. The molecule has 1 aromatic carbocycles. The fraction of sp³-hybridized carbons (Fsp3) is 0.188. The average Bonchev–Trinajstić information content (AvgIpc) is 2.49. The first-order valence-electron chi connectivity index (χ1n) is 6.58. The van der Waals surface area contributed by atoms with E-state index in [0.717, 1.165) is 16.8 Å². The lowest BCUT2D eigenvalue weighted by Crippen LogP contribution is -2.03. The average molecular weight is 315 g/mol. The predicted molar refractivity (Wildman–Crippen MR) is 87.1 cm³/mol. The Morgan fingerprint density at radius 3 is 2.77 bits per heavy atom. The largest absolute Gasteiger partial charge is 0.380 e. The van der Waals surface area contributed by atoms with Crippen LogP contribution in [-0.2, 0) is 11.3 Å². The number of benzene rings is 1. The minimum atomic E-state index is 0.349. The molecular formula is C16H15ClN4O. The Hall–Kier alpha value is -2.42. The lowest BCUT2D eigenvalue weighted by atomic mass is 10.1. The van der Waals surface area contributed by atoms with Gasteiger partial charge in [0.25, 0.3) is 0 Å². The quantitative estimate of drug-likeness (QED) is 0.677. The van der Waals surface area contributed by atoms with Crippen LogP contribution in [0.4, 0.5) is 5.82 Å². The molecule has 6 heteroatoms. The van der Waals surface area contributed by atoms with Gasteiger partial charge in [-0.25, -0.2) is 4.98 Å². The van der Waals surface area contributed by atoms with Crippen molar-refractivity contribution in [3.63, 3.8) is 0 Å². The lowest BCUT2D eigenvalue weighted by Gasteiger charge is -2.09. The Morgan fingerprint density at radius 2 is 2.14 bits per heavy atom. The first-order valence-corrected chi connectivity index (χ1v) is 6.96. The molecule has 0 aliphatic rings. The van der Waals surface area contributed by atoms with E-state index in [2.05, 4.69) is 21.6 Å². The van der Waals surface area contributed by atoms with Gasteiger partial charge in [-0.1, -0.05) is 23.7 Å². The third-order valence-electron chi connectivity index (χ3n) is 2.89. The molecule has 0 unspecified atom stereocenters. The number of anilines is 1. The minimum absolute atomic E-state index is 0.349. The van der Waals surface area contributed by atoms with Crippen molar-refractivity contribution in [2.75, 3.05) is 12.5 Å². The van der Waals surface area contributed by atoms with E-state index in [1.165, 1.54) is 0 Å². The lowest BCUT2D eigenvalue weighted by molar-refractivity contribution is 0.184. The van der Waals surface area contributed by atoms with Crippen molar-refractivity contribution >= 4 is 23.6 Å². The van der Waals surface area contributed by atoms with Gasteiger partial charge in [0, 0.05) is 23.4 Å². The number of halogens is 1. The molecule has 5 nitrogen and oxygen atoms in total. The first-order chi connectivity index (χ1) is 10.6. The van der Waals surface area contributed by atoms with E-state index in [4.69, 9.17) is 16.3 Å². The van der Waals surface area contributed by atoms with E-state index >= 15 is 0 Å². The molecule has 0 saturated carbocycles. The summed E-state index contributed by atoms with van der Waals surface area (Å²) in [5.74, 6) is 0.416. The summed E-state index contributed by atoms with van der Waals surface area (Å²) < 4.78 is 5.11. The third-order valence-corrected chi connectivity index (χ3v) is 3.15. The molecule has 0 bridgehead atoms. The Balaban J connectivity index is 2.22. The zero-order valence-corrected chi connectivity index (χ0v) is 13.1. The zero-order chi connectivity index (χ0) is 15.9. The fourth-order valence-corrected chi connectivity index (χ4v) is 2.06. The molecule has 0 fully saturated rings. The summed E-state index contributed by atoms with van der Waals surface area (Å²) in [6.45, 7) is 2.20. The van der Waals surface area contributed by atoms with Gasteiger partial charge in [0.05, 0.1) is 12.8 Å². The zero-order valence-electron chi connectivity index (χ0n) is 12.3. The monoisotopic (exact) mass is 314 g/mol. The molecular weight excluding hydrogens is 300 g/mol. The normalized spacial score (nSPS) is 10.6. The van der Waals surface area contributed by atoms with E-state index in [0.29, 0.717) is 23.0 Å². The van der Waals surface area contributed by atoms with Crippen LogP contribution in [0.1, 0.15) is 22.4 Å². The summed E-state index contributed by atoms with van der Waals surface area (Å²) in [6.07, 6.45) is 1.64. The molecule has 1 N–H and O–H groups in total. The molecule has 1 heterocycles. The number of hydrazone groups is 1. The Labute approximate surface area is 134 Å². The van der Waals surface area contributed by atoms with Gasteiger partial charge in [-0.15, -0.1) is 0 Å². The van der Waals surface area contributed by atoms with Crippen LogP contribution in [0.3, 0.4) is 0 Å². The highest BCUT2D eigenvalue weighted by Crippen LogP contribution is 2.19. The maximum absolute atomic E-state index is 9.31. The van der Waals surface area contributed by atoms with Gasteiger partial charge in [0.1, 0.15) is 11.6 Å². The maximum atomic E-state index is 9.31. The second kappa shape index (κ2) is 7.55. The molecule has 2 rings (SSSR count). The highest BCUT2D eigenvalue weighted by atomic mass is 35.5. The Morgan fingerprint density at radius 1 is 1.41 bits per heavy atom. The standard InChI is InChI=1S/C16H15ClN4O/c1-11-7-13(10-22-2)15(8-18)16(20-11)21-19-9-12-3-5-14(17)6-4-12/h3-7,9H,10H2,1-2H3,(H,20,21)/b19-9-. The van der Waals surface area contributed by atoms with Crippen molar-refractivity contribution in [2.45, 2.75) is 13.5 Å². The van der Waals surface area contributed by atoms with Crippen molar-refractivity contribution in [1.82, 2.24) is 4.98 Å². The Kier molecular flexibility index (Phi) is 5.48. The van der Waals surface area contributed by atoms with Crippen LogP contribution >= 0.6 is 11.6 Å². The van der Waals surface area contributed by atoms with Crippen LogP contribution < -0.4 is 5.43 Å². The number of pyridine rings is 1. The van der Waals surface area contributed by atoms with E-state index in [-0.39, 0.29) is 0 Å². The highest BCUT2D eigenvalue weighted by molar-refractivity contribution is 6.30. The minimum Gasteiger partial charge on any atom is -0.380 e. The van der Waals surface area contributed by atoms with Crippen LogP contribution in [0.2, 0.25) is 5.02 Å². The van der Waals surface area contributed by atoms with Crippen LogP contribution in [0.5, 0.6) is 0 Å². The highest BCUT2D eigenvalue weighted by Gasteiger charge is 2.10. The number of aromatic nitrogens is 1. The molecule has 0 amide bonds. The number of aryl methyl sites for hydroxylation is 1. The van der Waals surface area contributed by atoms with E-state index in [1.807, 2.05) is 25.1 Å². The van der Waals surface area contributed by atoms with Crippen molar-refractivity contribution in [1.29, 1.82) is 5.26 Å². The number of nitriles is 1. The number of nitrogens with one attached hydrogen (secondary N) is 1. The van der Waals surface area contributed by atoms with Crippen molar-refractivity contribution in [2.24, 2.45) is 5.10 Å². The van der Waals surface area contributed by atoms with E-state index in [1.54, 1.807) is 25.5 Å². The van der Waals surface area contributed by atoms with Gasteiger partial charge in [0.2, 0.25) is 0 Å². The van der Waals surface area contributed by atoms with Gasteiger partial charge < -0.3 is 4.74 Å². The molecule has 0 radical (unpaired) electrons. The summed E-state index contributed by atoms with van der Waals surface area (Å²) in [4.78, 5) is 4.31.